The SMILES string of the molecule is CC(=O)NC(CC(=O)Nc1ccc2oc(C(C)(C)C)nc2c1)c1ccc(Br)cc1. The number of rotatable bonds is 5. The molecule has 29 heavy (non-hydrogen) atoms. The minimum atomic E-state index is -0.413. The Bertz CT molecular complexity index is 1040. The summed E-state index contributed by atoms with van der Waals surface area (Å²) < 4.78 is 6.73. The fourth-order valence-electron chi connectivity index (χ4n) is 2.92. The number of anilines is 1. The van der Waals surface area contributed by atoms with E-state index in [1.807, 2.05) is 45.0 Å². The number of nitrogens with one attached hydrogen (secondary N) is 2. The molecule has 3 aromatic rings. The van der Waals surface area contributed by atoms with Gasteiger partial charge in [-0.15, -0.1) is 0 Å². The van der Waals surface area contributed by atoms with Crippen molar-refractivity contribution in [3.8, 4) is 0 Å². The maximum Gasteiger partial charge on any atom is 0.226 e. The molecule has 3 rings (SSSR count). The van der Waals surface area contributed by atoms with Crippen LogP contribution in [0.15, 0.2) is 51.4 Å². The third-order valence-corrected chi connectivity index (χ3v) is 4.88. The van der Waals surface area contributed by atoms with E-state index in [0.717, 1.165) is 10.0 Å². The number of carbonyl (C=O) groups is 2. The molecule has 152 valence electrons. The molecule has 0 saturated heterocycles. The van der Waals surface area contributed by atoms with E-state index >= 15 is 0 Å². The predicted octanol–water partition coefficient (Wildman–Crippen LogP) is 5.09. The first-order valence-electron chi connectivity index (χ1n) is 9.35. The molecule has 1 aromatic heterocycles. The molecule has 0 aliphatic heterocycles. The Labute approximate surface area is 178 Å². The summed E-state index contributed by atoms with van der Waals surface area (Å²) in [7, 11) is 0. The summed E-state index contributed by atoms with van der Waals surface area (Å²) in [4.78, 5) is 28.8. The van der Waals surface area contributed by atoms with Gasteiger partial charge in [-0.05, 0) is 35.9 Å². The molecule has 1 atom stereocenters. The molecular weight excluding hydrogens is 434 g/mol. The monoisotopic (exact) mass is 457 g/mol. The van der Waals surface area contributed by atoms with Gasteiger partial charge >= 0.3 is 0 Å². The van der Waals surface area contributed by atoms with Crippen molar-refractivity contribution >= 4 is 44.5 Å². The Kier molecular flexibility index (Phi) is 6.07. The number of nitrogens with zero attached hydrogens (tertiary/aromatic N) is 1. The molecule has 1 heterocycles. The number of oxazole rings is 1. The van der Waals surface area contributed by atoms with Crippen LogP contribution in [0, 0.1) is 0 Å². The summed E-state index contributed by atoms with van der Waals surface area (Å²) in [5.41, 5.74) is 2.67. The number of aromatic nitrogens is 1. The van der Waals surface area contributed by atoms with Gasteiger partial charge in [-0.25, -0.2) is 4.98 Å². The van der Waals surface area contributed by atoms with Crippen molar-refractivity contribution < 1.29 is 14.0 Å². The number of hydrogen-bond donors (Lipinski definition) is 2. The normalized spacial score (nSPS) is 12.6. The standard InChI is InChI=1S/C22H24BrN3O3/c1-13(27)24-17(14-5-7-15(23)8-6-14)12-20(28)25-16-9-10-19-18(11-16)26-21(29-19)22(2,3)4/h5-11,17H,12H2,1-4H3,(H,24,27)(H,25,28). The van der Waals surface area contributed by atoms with Crippen molar-refractivity contribution in [2.24, 2.45) is 0 Å². The van der Waals surface area contributed by atoms with Crippen molar-refractivity contribution in [1.82, 2.24) is 10.3 Å². The summed E-state index contributed by atoms with van der Waals surface area (Å²) in [6.45, 7) is 7.54. The summed E-state index contributed by atoms with van der Waals surface area (Å²) in [6, 6.07) is 12.5. The first kappa shape index (κ1) is 21.0. The predicted molar refractivity (Wildman–Crippen MR) is 117 cm³/mol. The van der Waals surface area contributed by atoms with E-state index in [9.17, 15) is 9.59 Å². The van der Waals surface area contributed by atoms with E-state index < -0.39 is 6.04 Å². The van der Waals surface area contributed by atoms with E-state index in [1.165, 1.54) is 6.92 Å². The first-order valence-corrected chi connectivity index (χ1v) is 10.1. The minimum Gasteiger partial charge on any atom is -0.440 e. The number of fused-ring (bicyclic) bond motifs is 1. The lowest BCUT2D eigenvalue weighted by molar-refractivity contribution is -0.120. The summed E-state index contributed by atoms with van der Waals surface area (Å²) >= 11 is 3.39. The van der Waals surface area contributed by atoms with E-state index in [2.05, 4.69) is 31.5 Å². The molecule has 6 nitrogen and oxygen atoms in total. The number of amides is 2. The molecule has 2 aromatic carbocycles. The van der Waals surface area contributed by atoms with Gasteiger partial charge in [0.05, 0.1) is 12.5 Å². The maximum absolute atomic E-state index is 12.6. The van der Waals surface area contributed by atoms with Gasteiger partial charge in [0, 0.05) is 22.5 Å². The highest BCUT2D eigenvalue weighted by Crippen LogP contribution is 2.27. The topological polar surface area (TPSA) is 84.2 Å². The maximum atomic E-state index is 12.6. The second-order valence-electron chi connectivity index (χ2n) is 8.01. The van der Waals surface area contributed by atoms with E-state index in [4.69, 9.17) is 4.42 Å². The van der Waals surface area contributed by atoms with E-state index in [1.54, 1.807) is 18.2 Å². The van der Waals surface area contributed by atoms with Crippen LogP contribution in [0.3, 0.4) is 0 Å². The van der Waals surface area contributed by atoms with Crippen LogP contribution in [-0.4, -0.2) is 16.8 Å². The number of hydrogen-bond acceptors (Lipinski definition) is 4. The number of carbonyl (C=O) groups excluding carboxylic acids is 2. The van der Waals surface area contributed by atoms with Crippen LogP contribution >= 0.6 is 15.9 Å². The van der Waals surface area contributed by atoms with Crippen molar-refractivity contribution in [3.63, 3.8) is 0 Å². The van der Waals surface area contributed by atoms with Gasteiger partial charge in [0.15, 0.2) is 5.58 Å². The zero-order valence-electron chi connectivity index (χ0n) is 16.9. The average Bonchev–Trinajstić information content (AvgIpc) is 3.05. The van der Waals surface area contributed by atoms with E-state index in [-0.39, 0.29) is 23.7 Å². The Hall–Kier alpha value is -2.67. The van der Waals surface area contributed by atoms with Crippen LogP contribution in [0.1, 0.15) is 51.6 Å². The molecule has 0 radical (unpaired) electrons. The molecule has 0 saturated carbocycles. The molecule has 0 fully saturated rings. The Morgan fingerprint density at radius 1 is 1.14 bits per heavy atom. The van der Waals surface area contributed by atoms with Gasteiger partial charge < -0.3 is 15.1 Å². The second-order valence-corrected chi connectivity index (χ2v) is 8.92. The first-order chi connectivity index (χ1) is 13.6. The van der Waals surface area contributed by atoms with Gasteiger partial charge in [0.2, 0.25) is 17.7 Å². The highest BCUT2D eigenvalue weighted by atomic mass is 79.9. The molecule has 1 unspecified atom stereocenters. The Morgan fingerprint density at radius 3 is 2.45 bits per heavy atom. The zero-order chi connectivity index (χ0) is 21.2. The second kappa shape index (κ2) is 8.37. The van der Waals surface area contributed by atoms with Crippen molar-refractivity contribution in [2.75, 3.05) is 5.32 Å². The van der Waals surface area contributed by atoms with Gasteiger partial charge in [0.25, 0.3) is 0 Å². The molecule has 0 spiro atoms. The molecule has 7 heteroatoms. The van der Waals surface area contributed by atoms with Gasteiger partial charge in [-0.1, -0.05) is 48.8 Å². The fraction of sp³-hybridized carbons (Fsp3) is 0.318. The van der Waals surface area contributed by atoms with Crippen LogP contribution in [0.5, 0.6) is 0 Å². The fourth-order valence-corrected chi connectivity index (χ4v) is 3.18. The average molecular weight is 458 g/mol. The zero-order valence-corrected chi connectivity index (χ0v) is 18.5. The van der Waals surface area contributed by atoms with Gasteiger partial charge in [-0.2, -0.15) is 0 Å². The third kappa shape index (κ3) is 5.44. The number of benzene rings is 2. The summed E-state index contributed by atoms with van der Waals surface area (Å²) in [5.74, 6) is 0.256. The summed E-state index contributed by atoms with van der Waals surface area (Å²) in [5, 5.41) is 5.73. The van der Waals surface area contributed by atoms with Gasteiger partial charge in [0.1, 0.15) is 5.52 Å². The smallest absolute Gasteiger partial charge is 0.226 e. The summed E-state index contributed by atoms with van der Waals surface area (Å²) in [6.07, 6.45) is 0.116. The van der Waals surface area contributed by atoms with Crippen molar-refractivity contribution in [2.45, 2.75) is 45.6 Å². The molecule has 2 amide bonds. The lowest BCUT2D eigenvalue weighted by Gasteiger charge is -2.18. The lowest BCUT2D eigenvalue weighted by Crippen LogP contribution is -2.29. The largest absolute Gasteiger partial charge is 0.440 e. The molecule has 2 N–H and O–H groups in total. The van der Waals surface area contributed by atoms with Gasteiger partial charge in [-0.3, -0.25) is 9.59 Å². The van der Waals surface area contributed by atoms with Crippen LogP contribution in [-0.2, 0) is 15.0 Å². The molecule has 0 aliphatic carbocycles. The van der Waals surface area contributed by atoms with Crippen molar-refractivity contribution in [1.29, 1.82) is 0 Å². The Morgan fingerprint density at radius 2 is 1.83 bits per heavy atom. The quantitative estimate of drug-likeness (QED) is 0.558. The highest BCUT2D eigenvalue weighted by molar-refractivity contribution is 9.10. The minimum absolute atomic E-state index is 0.116. The highest BCUT2D eigenvalue weighted by Gasteiger charge is 2.21. The molecular formula is C22H24BrN3O3. The van der Waals surface area contributed by atoms with Crippen molar-refractivity contribution in [3.05, 3.63) is 58.4 Å². The number of halogens is 1. The van der Waals surface area contributed by atoms with Crippen LogP contribution in [0.2, 0.25) is 0 Å². The molecule has 0 aliphatic rings. The molecule has 0 bridgehead atoms. The third-order valence-electron chi connectivity index (χ3n) is 4.35. The van der Waals surface area contributed by atoms with E-state index in [0.29, 0.717) is 22.7 Å². The van der Waals surface area contributed by atoms with Crippen LogP contribution in [0.25, 0.3) is 11.1 Å². The van der Waals surface area contributed by atoms with Crippen LogP contribution in [0.4, 0.5) is 5.69 Å². The lowest BCUT2D eigenvalue weighted by atomic mass is 9.97. The van der Waals surface area contributed by atoms with Crippen LogP contribution < -0.4 is 10.6 Å². The Balaban J connectivity index is 1.75.